The van der Waals surface area contributed by atoms with Gasteiger partial charge in [-0.05, 0) is 90.4 Å². The van der Waals surface area contributed by atoms with Crippen molar-refractivity contribution in [2.24, 2.45) is 34.7 Å². The summed E-state index contributed by atoms with van der Waals surface area (Å²) < 4.78 is 48.2. The quantitative estimate of drug-likeness (QED) is 0.226. The van der Waals surface area contributed by atoms with Gasteiger partial charge in [-0.15, -0.1) is 11.8 Å². The topological polar surface area (TPSA) is 178 Å². The van der Waals surface area contributed by atoms with E-state index in [1.807, 2.05) is 12.1 Å². The lowest BCUT2D eigenvalue weighted by Gasteiger charge is -2.43. The summed E-state index contributed by atoms with van der Waals surface area (Å²) in [6.07, 6.45) is 0.709. The summed E-state index contributed by atoms with van der Waals surface area (Å²) >= 11 is 2.71. The molecule has 12 nitrogen and oxygen atoms in total. The number of amides is 3. The number of nitrogens with two attached hydrogens (primary N) is 1. The zero-order valence-electron chi connectivity index (χ0n) is 26.2. The third-order valence-electron chi connectivity index (χ3n) is 10.2. The molecule has 258 valence electrons. The number of fused-ring (bicyclic) bond motifs is 9. The van der Waals surface area contributed by atoms with Crippen molar-refractivity contribution in [3.8, 4) is 11.5 Å². The second-order valence-corrected chi connectivity index (χ2v) is 16.5. The number of hydrogen-bond donors (Lipinski definition) is 3. The van der Waals surface area contributed by atoms with E-state index in [0.717, 1.165) is 26.8 Å². The molecule has 0 spiro atoms. The average molecular weight is 737 g/mol. The molecule has 8 rings (SSSR count). The van der Waals surface area contributed by atoms with E-state index >= 15 is 0 Å². The van der Waals surface area contributed by atoms with E-state index in [4.69, 9.17) is 14.6 Å². The molecule has 3 fully saturated rings. The van der Waals surface area contributed by atoms with Crippen molar-refractivity contribution in [3.05, 3.63) is 92.7 Å². The molecule has 2 aliphatic heterocycles. The number of thiazole rings is 1. The monoisotopic (exact) mass is 736 g/mol. The van der Waals surface area contributed by atoms with Gasteiger partial charge in [0, 0.05) is 21.7 Å². The van der Waals surface area contributed by atoms with Crippen molar-refractivity contribution in [2.45, 2.75) is 27.5 Å². The highest BCUT2D eigenvalue weighted by molar-refractivity contribution is 8.00. The SMILES string of the molecule is COc1cc([C@H]2c3sc(=O)[nH]c3SC3C2[C@H]2C[C@@H]3C3C(=O)N(c4ccc(F)cc4)C(=O)C32)ccc1OCC(=O)Nc1ccc(S(N)(=O)=O)cc1. The van der Waals surface area contributed by atoms with Crippen molar-refractivity contribution in [2.75, 3.05) is 23.9 Å². The van der Waals surface area contributed by atoms with E-state index in [1.165, 1.54) is 60.5 Å². The normalized spacial score (nSPS) is 26.4. The van der Waals surface area contributed by atoms with Crippen LogP contribution in [0.2, 0.25) is 0 Å². The predicted octanol–water partition coefficient (Wildman–Crippen LogP) is 3.93. The van der Waals surface area contributed by atoms with Crippen LogP contribution in [0.15, 0.2) is 81.4 Å². The summed E-state index contributed by atoms with van der Waals surface area (Å²) in [7, 11) is -2.39. The van der Waals surface area contributed by atoms with Crippen molar-refractivity contribution < 1.29 is 36.7 Å². The highest BCUT2D eigenvalue weighted by Gasteiger charge is 2.69. The first-order valence-corrected chi connectivity index (χ1v) is 18.9. The number of carbonyl (C=O) groups is 3. The Balaban J connectivity index is 1.06. The molecule has 16 heteroatoms. The number of methoxy groups -OCH3 is 1. The molecule has 0 radical (unpaired) electrons. The number of sulfonamides is 1. The summed E-state index contributed by atoms with van der Waals surface area (Å²) in [6, 6.07) is 16.2. The van der Waals surface area contributed by atoms with Crippen LogP contribution in [-0.4, -0.2) is 50.1 Å². The number of rotatable bonds is 8. The molecule has 3 aromatic carbocycles. The first-order valence-electron chi connectivity index (χ1n) is 15.7. The Hall–Kier alpha value is -4.51. The first-order chi connectivity index (χ1) is 23.9. The van der Waals surface area contributed by atoms with E-state index in [0.29, 0.717) is 29.3 Å². The summed E-state index contributed by atoms with van der Waals surface area (Å²) in [6.45, 7) is -0.367. The molecule has 4 aromatic rings. The maximum Gasteiger partial charge on any atom is 0.305 e. The van der Waals surface area contributed by atoms with Gasteiger partial charge in [0.15, 0.2) is 18.1 Å². The van der Waals surface area contributed by atoms with Gasteiger partial charge in [0.25, 0.3) is 5.91 Å². The van der Waals surface area contributed by atoms with E-state index in [2.05, 4.69) is 10.3 Å². The summed E-state index contributed by atoms with van der Waals surface area (Å²) in [5.41, 5.74) is 1.56. The molecular weight excluding hydrogens is 708 g/mol. The molecule has 7 atom stereocenters. The summed E-state index contributed by atoms with van der Waals surface area (Å²) in [5.74, 6) is -2.34. The lowest BCUT2D eigenvalue weighted by Crippen LogP contribution is -2.42. The highest BCUT2D eigenvalue weighted by atomic mass is 32.2. The Morgan fingerprint density at radius 1 is 1.00 bits per heavy atom. The summed E-state index contributed by atoms with van der Waals surface area (Å²) in [4.78, 5) is 57.8. The highest BCUT2D eigenvalue weighted by Crippen LogP contribution is 2.68. The largest absolute Gasteiger partial charge is 0.493 e. The minimum absolute atomic E-state index is 0.0291. The van der Waals surface area contributed by atoms with Crippen molar-refractivity contribution in [1.29, 1.82) is 0 Å². The lowest BCUT2D eigenvalue weighted by atomic mass is 9.68. The molecular formula is C34H29FN4O8S3. The van der Waals surface area contributed by atoms with Crippen LogP contribution in [-0.2, 0) is 24.4 Å². The third kappa shape index (κ3) is 5.32. The number of halogens is 1. The van der Waals surface area contributed by atoms with Crippen LogP contribution in [0, 0.1) is 35.4 Å². The number of thioether (sulfide) groups is 1. The Kier molecular flexibility index (Phi) is 7.89. The van der Waals surface area contributed by atoms with Crippen LogP contribution in [0.3, 0.4) is 0 Å². The number of nitrogens with zero attached hydrogens (tertiary/aromatic N) is 1. The lowest BCUT2D eigenvalue weighted by molar-refractivity contribution is -0.123. The van der Waals surface area contributed by atoms with Gasteiger partial charge in [0.05, 0.1) is 34.6 Å². The molecule has 4 aliphatic rings. The zero-order valence-corrected chi connectivity index (χ0v) is 28.6. The molecule has 4 N–H and O–H groups in total. The molecule has 2 bridgehead atoms. The predicted molar refractivity (Wildman–Crippen MR) is 182 cm³/mol. The van der Waals surface area contributed by atoms with Crippen LogP contribution in [0.25, 0.3) is 0 Å². The number of ether oxygens (including phenoxy) is 2. The minimum atomic E-state index is -3.87. The van der Waals surface area contributed by atoms with Crippen molar-refractivity contribution in [3.63, 3.8) is 0 Å². The number of hydrogen-bond acceptors (Lipinski definition) is 10. The number of H-pyrrole nitrogens is 1. The Labute approximate surface area is 293 Å². The van der Waals surface area contributed by atoms with E-state index in [9.17, 15) is 32.0 Å². The molecule has 3 amide bonds. The number of primary sulfonamides is 1. The number of aromatic amines is 1. The van der Waals surface area contributed by atoms with E-state index < -0.39 is 33.6 Å². The maximum absolute atomic E-state index is 13.9. The molecule has 1 saturated heterocycles. The average Bonchev–Trinajstić information content (AvgIpc) is 3.83. The standard InChI is InChI=1S/C34H29FN4O8S3/c1-46-23-12-15(2-11-22(23)47-14-24(40)37-17-5-9-19(10-6-17)50(36,44)45)25-26-20-13-21(29(26)48-31-30(25)49-34(43)38-31)28-27(20)32(41)39(33(28)42)18-7-3-16(35)4-8-18/h2-12,20-21,25-29H,13-14H2,1H3,(H,37,40)(H,38,43)(H2,36,44,45)/t20-,21-,25-,26?,27?,28?,29?/m1/s1. The number of anilines is 2. The van der Waals surface area contributed by atoms with Gasteiger partial charge in [0.2, 0.25) is 21.8 Å². The first kappa shape index (κ1) is 32.7. The third-order valence-corrected chi connectivity index (χ3v) is 13.7. The van der Waals surface area contributed by atoms with Crippen LogP contribution in [0.1, 0.15) is 22.8 Å². The van der Waals surface area contributed by atoms with Crippen molar-refractivity contribution in [1.82, 2.24) is 4.98 Å². The van der Waals surface area contributed by atoms with Gasteiger partial charge in [-0.2, -0.15) is 0 Å². The van der Waals surface area contributed by atoms with Crippen LogP contribution in [0.5, 0.6) is 11.5 Å². The van der Waals surface area contributed by atoms with Gasteiger partial charge in [0.1, 0.15) is 5.82 Å². The Bertz CT molecular complexity index is 2220. The molecule has 1 aromatic heterocycles. The Morgan fingerprint density at radius 3 is 2.38 bits per heavy atom. The van der Waals surface area contributed by atoms with Gasteiger partial charge >= 0.3 is 4.87 Å². The second-order valence-electron chi connectivity index (χ2n) is 12.8. The molecule has 50 heavy (non-hydrogen) atoms. The van der Waals surface area contributed by atoms with E-state index in [1.54, 1.807) is 17.8 Å². The van der Waals surface area contributed by atoms with E-state index in [-0.39, 0.29) is 57.1 Å². The second kappa shape index (κ2) is 12.1. The molecule has 2 saturated carbocycles. The molecule has 2 aliphatic carbocycles. The van der Waals surface area contributed by atoms with Crippen LogP contribution >= 0.6 is 23.1 Å². The fourth-order valence-corrected chi connectivity index (χ4v) is 11.7. The van der Waals surface area contributed by atoms with Crippen LogP contribution < -0.4 is 29.7 Å². The molecule has 3 heterocycles. The minimum Gasteiger partial charge on any atom is -0.493 e. The Morgan fingerprint density at radius 2 is 1.70 bits per heavy atom. The number of aromatic nitrogens is 1. The zero-order chi connectivity index (χ0) is 35.1. The number of nitrogens with one attached hydrogen (secondary N) is 2. The fraction of sp³-hybridized carbons (Fsp3) is 0.294. The molecule has 4 unspecified atom stereocenters. The number of carbonyl (C=O) groups excluding carboxylic acids is 3. The smallest absolute Gasteiger partial charge is 0.305 e. The number of benzene rings is 3. The maximum atomic E-state index is 13.9. The van der Waals surface area contributed by atoms with Gasteiger partial charge in [-0.25, -0.2) is 17.9 Å². The number of imide groups is 1. The fourth-order valence-electron chi connectivity index (χ4n) is 8.30. The van der Waals surface area contributed by atoms with Gasteiger partial charge < -0.3 is 19.8 Å². The summed E-state index contributed by atoms with van der Waals surface area (Å²) in [5, 5.41) is 8.50. The van der Waals surface area contributed by atoms with Gasteiger partial charge in [-0.1, -0.05) is 17.4 Å². The van der Waals surface area contributed by atoms with Crippen molar-refractivity contribution >= 4 is 62.2 Å². The van der Waals surface area contributed by atoms with Gasteiger partial charge in [-0.3, -0.25) is 24.1 Å². The van der Waals surface area contributed by atoms with Crippen LogP contribution in [0.4, 0.5) is 15.8 Å².